The summed E-state index contributed by atoms with van der Waals surface area (Å²) in [6.45, 7) is 7.55. The fourth-order valence-corrected chi connectivity index (χ4v) is 2.51. The second kappa shape index (κ2) is 6.48. The number of rotatable bonds is 4. The molecule has 0 amide bonds. The number of aliphatic hydroxyl groups is 1. The zero-order valence-corrected chi connectivity index (χ0v) is 12.4. The van der Waals surface area contributed by atoms with Crippen molar-refractivity contribution in [2.45, 2.75) is 32.9 Å². The van der Waals surface area contributed by atoms with E-state index in [2.05, 4.69) is 4.90 Å². The van der Waals surface area contributed by atoms with E-state index in [1.54, 1.807) is 0 Å². The van der Waals surface area contributed by atoms with Gasteiger partial charge in [0.05, 0.1) is 25.9 Å². The molecule has 4 nitrogen and oxygen atoms in total. The van der Waals surface area contributed by atoms with Crippen LogP contribution >= 0.6 is 0 Å². The number of nitrogens with zero attached hydrogens (tertiary/aromatic N) is 1. The number of ketones is 1. The Bertz CT molecular complexity index is 487. The first-order valence-electron chi connectivity index (χ1n) is 7.08. The smallest absolute Gasteiger partial charge is 0.177 e. The summed E-state index contributed by atoms with van der Waals surface area (Å²) in [5.74, 6) is 0.136. The molecule has 0 aliphatic carbocycles. The number of hydrogen-bond acceptors (Lipinski definition) is 4. The zero-order chi connectivity index (χ0) is 14.7. The summed E-state index contributed by atoms with van der Waals surface area (Å²) < 4.78 is 5.50. The van der Waals surface area contributed by atoms with Gasteiger partial charge in [-0.05, 0) is 32.4 Å². The van der Waals surface area contributed by atoms with Crippen molar-refractivity contribution in [3.05, 3.63) is 34.9 Å². The van der Waals surface area contributed by atoms with Crippen LogP contribution in [0, 0.1) is 13.8 Å². The van der Waals surface area contributed by atoms with E-state index >= 15 is 0 Å². The molecular formula is C16H23NO3. The lowest BCUT2D eigenvalue weighted by molar-refractivity contribution is -0.0747. The molecule has 1 fully saturated rings. The Hall–Kier alpha value is -1.23. The van der Waals surface area contributed by atoms with Crippen LogP contribution in [0.15, 0.2) is 18.2 Å². The number of carbonyl (C=O) groups excluding carboxylic acids is 1. The standard InChI is InChI=1S/C16H23NO3/c1-11-4-5-12(2)15(6-11)16(19)8-17-7-14(9-18)20-10-13(17)3/h4-6,13-14,18H,7-10H2,1-3H3. The quantitative estimate of drug-likeness (QED) is 0.849. The minimum atomic E-state index is -0.183. The summed E-state index contributed by atoms with van der Waals surface area (Å²) in [4.78, 5) is 14.6. The molecule has 1 aliphatic heterocycles. The molecule has 0 radical (unpaired) electrons. The maximum Gasteiger partial charge on any atom is 0.177 e. The van der Waals surface area contributed by atoms with E-state index in [4.69, 9.17) is 4.74 Å². The minimum absolute atomic E-state index is 0.000876. The third kappa shape index (κ3) is 3.45. The van der Waals surface area contributed by atoms with E-state index in [1.165, 1.54) is 0 Å². The number of morpholine rings is 1. The molecule has 0 bridgehead atoms. The predicted octanol–water partition coefficient (Wildman–Crippen LogP) is 1.57. The molecule has 1 aromatic carbocycles. The van der Waals surface area contributed by atoms with Crippen molar-refractivity contribution in [3.63, 3.8) is 0 Å². The van der Waals surface area contributed by atoms with Gasteiger partial charge in [0, 0.05) is 18.2 Å². The first kappa shape index (κ1) is 15.2. The van der Waals surface area contributed by atoms with Gasteiger partial charge in [-0.15, -0.1) is 0 Å². The first-order valence-corrected chi connectivity index (χ1v) is 7.08. The van der Waals surface area contributed by atoms with Crippen molar-refractivity contribution in [2.24, 2.45) is 0 Å². The van der Waals surface area contributed by atoms with Crippen LogP contribution in [0.5, 0.6) is 0 Å². The van der Waals surface area contributed by atoms with Gasteiger partial charge < -0.3 is 9.84 Å². The van der Waals surface area contributed by atoms with Crippen LogP contribution in [0.2, 0.25) is 0 Å². The summed E-state index contributed by atoms with van der Waals surface area (Å²) in [7, 11) is 0. The second-order valence-corrected chi connectivity index (χ2v) is 5.66. The predicted molar refractivity (Wildman–Crippen MR) is 78.1 cm³/mol. The molecule has 0 saturated carbocycles. The van der Waals surface area contributed by atoms with Crippen molar-refractivity contribution in [2.75, 3.05) is 26.3 Å². The number of carbonyl (C=O) groups is 1. The molecule has 0 spiro atoms. The molecule has 2 unspecified atom stereocenters. The van der Waals surface area contributed by atoms with Crippen LogP contribution in [0.3, 0.4) is 0 Å². The molecule has 0 aromatic heterocycles. The van der Waals surface area contributed by atoms with E-state index < -0.39 is 0 Å². The van der Waals surface area contributed by atoms with Crippen molar-refractivity contribution in [1.29, 1.82) is 0 Å². The van der Waals surface area contributed by atoms with E-state index in [1.807, 2.05) is 39.0 Å². The summed E-state index contributed by atoms with van der Waals surface area (Å²) in [6.07, 6.45) is -0.183. The van der Waals surface area contributed by atoms with Crippen LogP contribution in [-0.2, 0) is 4.74 Å². The van der Waals surface area contributed by atoms with Crippen molar-refractivity contribution in [3.8, 4) is 0 Å². The molecule has 1 N–H and O–H groups in total. The zero-order valence-electron chi connectivity index (χ0n) is 12.4. The Morgan fingerprint density at radius 2 is 2.20 bits per heavy atom. The number of ether oxygens (including phenoxy) is 1. The van der Waals surface area contributed by atoms with E-state index in [9.17, 15) is 9.90 Å². The highest BCUT2D eigenvalue weighted by molar-refractivity contribution is 5.99. The van der Waals surface area contributed by atoms with Crippen LogP contribution in [0.4, 0.5) is 0 Å². The topological polar surface area (TPSA) is 49.8 Å². The van der Waals surface area contributed by atoms with E-state index in [0.717, 1.165) is 16.7 Å². The highest BCUT2D eigenvalue weighted by Crippen LogP contribution is 2.15. The molecule has 110 valence electrons. The van der Waals surface area contributed by atoms with Gasteiger partial charge in [-0.25, -0.2) is 0 Å². The largest absolute Gasteiger partial charge is 0.394 e. The normalized spacial score (nSPS) is 23.8. The average molecular weight is 277 g/mol. The Morgan fingerprint density at radius 1 is 1.45 bits per heavy atom. The minimum Gasteiger partial charge on any atom is -0.394 e. The van der Waals surface area contributed by atoms with Gasteiger partial charge in [0.25, 0.3) is 0 Å². The van der Waals surface area contributed by atoms with Gasteiger partial charge in [0.1, 0.15) is 0 Å². The van der Waals surface area contributed by atoms with Gasteiger partial charge in [-0.1, -0.05) is 17.7 Å². The molecule has 1 aliphatic rings. The average Bonchev–Trinajstić information content (AvgIpc) is 2.43. The molecule has 4 heteroatoms. The lowest BCUT2D eigenvalue weighted by atomic mass is 10.0. The molecule has 1 saturated heterocycles. The Kier molecular flexibility index (Phi) is 4.91. The van der Waals surface area contributed by atoms with Crippen LogP contribution in [0.25, 0.3) is 0 Å². The van der Waals surface area contributed by atoms with Crippen molar-refractivity contribution >= 4 is 5.78 Å². The van der Waals surface area contributed by atoms with Gasteiger partial charge in [0.15, 0.2) is 5.78 Å². The summed E-state index contributed by atoms with van der Waals surface area (Å²) in [5, 5.41) is 9.19. The number of aliphatic hydroxyl groups excluding tert-OH is 1. The summed E-state index contributed by atoms with van der Waals surface area (Å²) in [5.41, 5.74) is 2.91. The van der Waals surface area contributed by atoms with Gasteiger partial charge in [-0.2, -0.15) is 0 Å². The molecule has 2 atom stereocenters. The van der Waals surface area contributed by atoms with Gasteiger partial charge >= 0.3 is 0 Å². The Balaban J connectivity index is 2.08. The number of aryl methyl sites for hydroxylation is 2. The molecule has 20 heavy (non-hydrogen) atoms. The molecule has 1 aromatic rings. The first-order chi connectivity index (χ1) is 9.51. The van der Waals surface area contributed by atoms with E-state index in [-0.39, 0.29) is 24.5 Å². The van der Waals surface area contributed by atoms with Crippen LogP contribution in [0.1, 0.15) is 28.4 Å². The summed E-state index contributed by atoms with van der Waals surface area (Å²) >= 11 is 0. The maximum absolute atomic E-state index is 12.5. The molecule has 1 heterocycles. The lowest BCUT2D eigenvalue weighted by Crippen LogP contribution is -2.51. The Labute approximate surface area is 120 Å². The highest BCUT2D eigenvalue weighted by atomic mass is 16.5. The maximum atomic E-state index is 12.5. The fourth-order valence-electron chi connectivity index (χ4n) is 2.51. The number of hydrogen-bond donors (Lipinski definition) is 1. The van der Waals surface area contributed by atoms with E-state index in [0.29, 0.717) is 19.7 Å². The van der Waals surface area contributed by atoms with Crippen molar-refractivity contribution < 1.29 is 14.6 Å². The fraction of sp³-hybridized carbons (Fsp3) is 0.562. The van der Waals surface area contributed by atoms with Crippen LogP contribution < -0.4 is 0 Å². The van der Waals surface area contributed by atoms with Crippen molar-refractivity contribution in [1.82, 2.24) is 4.90 Å². The monoisotopic (exact) mass is 277 g/mol. The number of benzene rings is 1. The highest BCUT2D eigenvalue weighted by Gasteiger charge is 2.27. The second-order valence-electron chi connectivity index (χ2n) is 5.66. The third-order valence-electron chi connectivity index (χ3n) is 3.88. The summed E-state index contributed by atoms with van der Waals surface area (Å²) in [6, 6.07) is 6.16. The Morgan fingerprint density at radius 3 is 2.90 bits per heavy atom. The lowest BCUT2D eigenvalue weighted by Gasteiger charge is -2.37. The van der Waals surface area contributed by atoms with Gasteiger partial charge in [-0.3, -0.25) is 9.69 Å². The van der Waals surface area contributed by atoms with Gasteiger partial charge in [0.2, 0.25) is 0 Å². The molecular weight excluding hydrogens is 254 g/mol. The number of Topliss-reactive ketones (excluding diaryl/α,β-unsaturated/α-hetero) is 1. The molecule has 2 rings (SSSR count). The SMILES string of the molecule is Cc1ccc(C)c(C(=O)CN2CC(CO)OCC2C)c1. The van der Waals surface area contributed by atoms with Crippen LogP contribution in [-0.4, -0.2) is 54.2 Å². The third-order valence-corrected chi connectivity index (χ3v) is 3.88.